The zero-order valence-corrected chi connectivity index (χ0v) is 8.52. The molecule has 0 unspecified atom stereocenters. The predicted octanol–water partition coefficient (Wildman–Crippen LogP) is 1.79. The molecule has 2 aliphatic rings. The Labute approximate surface area is 81.3 Å². The van der Waals surface area contributed by atoms with Gasteiger partial charge in [-0.25, -0.2) is 0 Å². The van der Waals surface area contributed by atoms with E-state index in [2.05, 4.69) is 5.32 Å². The quantitative estimate of drug-likeness (QED) is 0.698. The summed E-state index contributed by atoms with van der Waals surface area (Å²) < 4.78 is 0. The fourth-order valence-electron chi connectivity index (χ4n) is 2.39. The van der Waals surface area contributed by atoms with Crippen LogP contribution in [0.2, 0.25) is 0 Å². The molecule has 0 heterocycles. The first-order valence-electron chi connectivity index (χ1n) is 5.81. The highest BCUT2D eigenvalue weighted by Crippen LogP contribution is 2.26. The lowest BCUT2D eigenvalue weighted by Crippen LogP contribution is -2.53. The van der Waals surface area contributed by atoms with Gasteiger partial charge < -0.3 is 11.1 Å². The molecular weight excluding hydrogens is 160 g/mol. The van der Waals surface area contributed by atoms with E-state index in [9.17, 15) is 0 Å². The minimum atomic E-state index is 0.133. The molecule has 0 aliphatic heterocycles. The maximum Gasteiger partial charge on any atom is 0.0280 e. The Balaban J connectivity index is 1.71. The van der Waals surface area contributed by atoms with E-state index < -0.39 is 0 Å². The van der Waals surface area contributed by atoms with Crippen LogP contribution in [-0.4, -0.2) is 18.1 Å². The zero-order chi connectivity index (χ0) is 9.15. The van der Waals surface area contributed by atoms with E-state index >= 15 is 0 Å². The van der Waals surface area contributed by atoms with Gasteiger partial charge in [0, 0.05) is 18.1 Å². The molecule has 0 amide bonds. The lowest BCUT2D eigenvalue weighted by atomic mass is 9.82. The Bertz CT molecular complexity index is 157. The molecule has 0 atom stereocenters. The summed E-state index contributed by atoms with van der Waals surface area (Å²) in [4.78, 5) is 0. The van der Waals surface area contributed by atoms with Crippen LogP contribution in [0.3, 0.4) is 0 Å². The Morgan fingerprint density at radius 1 is 1.08 bits per heavy atom. The molecule has 0 aromatic heterocycles. The third kappa shape index (κ3) is 2.44. The summed E-state index contributed by atoms with van der Waals surface area (Å²) in [6.07, 6.45) is 10.7. The fourth-order valence-corrected chi connectivity index (χ4v) is 2.39. The van der Waals surface area contributed by atoms with Gasteiger partial charge in [-0.05, 0) is 25.7 Å². The molecule has 0 aromatic carbocycles. The molecule has 0 spiro atoms. The molecule has 0 radical (unpaired) electrons. The fraction of sp³-hybridized carbons (Fsp3) is 1.00. The summed E-state index contributed by atoms with van der Waals surface area (Å²) in [5.41, 5.74) is 6.46. The normalized spacial score (nSPS) is 28.4. The van der Waals surface area contributed by atoms with E-state index in [4.69, 9.17) is 5.73 Å². The molecule has 2 aliphatic carbocycles. The van der Waals surface area contributed by atoms with E-state index in [1.807, 2.05) is 0 Å². The minimum absolute atomic E-state index is 0.133. The van der Waals surface area contributed by atoms with Crippen molar-refractivity contribution in [3.05, 3.63) is 0 Å². The van der Waals surface area contributed by atoms with Crippen molar-refractivity contribution in [2.75, 3.05) is 6.54 Å². The van der Waals surface area contributed by atoms with Crippen LogP contribution in [0.1, 0.15) is 51.4 Å². The molecule has 2 nitrogen and oxygen atoms in total. The highest BCUT2D eigenvalue weighted by atomic mass is 15.0. The average Bonchev–Trinajstić information content (AvgIpc) is 2.02. The van der Waals surface area contributed by atoms with Gasteiger partial charge in [-0.3, -0.25) is 0 Å². The van der Waals surface area contributed by atoms with Gasteiger partial charge in [-0.15, -0.1) is 0 Å². The average molecular weight is 182 g/mol. The van der Waals surface area contributed by atoms with Gasteiger partial charge in [0.25, 0.3) is 0 Å². The van der Waals surface area contributed by atoms with Crippen LogP contribution in [-0.2, 0) is 0 Å². The highest BCUT2D eigenvalue weighted by molar-refractivity contribution is 4.91. The first kappa shape index (κ1) is 9.47. The largest absolute Gasteiger partial charge is 0.324 e. The second-order valence-electron chi connectivity index (χ2n) is 4.93. The maximum absolute atomic E-state index is 6.32. The van der Waals surface area contributed by atoms with Gasteiger partial charge in [0.1, 0.15) is 0 Å². The molecule has 13 heavy (non-hydrogen) atoms. The standard InChI is InChI=1S/C11H22N2/c12-11(7-2-1-3-8-11)9-13-10-5-4-6-10/h10,13H,1-9,12H2. The van der Waals surface area contributed by atoms with Crippen LogP contribution in [0.25, 0.3) is 0 Å². The molecule has 0 bridgehead atoms. The van der Waals surface area contributed by atoms with Crippen LogP contribution >= 0.6 is 0 Å². The molecule has 2 fully saturated rings. The van der Waals surface area contributed by atoms with Crippen molar-refractivity contribution in [1.82, 2.24) is 5.32 Å². The second kappa shape index (κ2) is 3.97. The van der Waals surface area contributed by atoms with Gasteiger partial charge in [-0.1, -0.05) is 25.7 Å². The SMILES string of the molecule is NC1(CNC2CCC2)CCCCC1. The monoisotopic (exact) mass is 182 g/mol. The number of nitrogens with one attached hydrogen (secondary N) is 1. The number of rotatable bonds is 3. The molecular formula is C11H22N2. The lowest BCUT2D eigenvalue weighted by molar-refractivity contribution is 0.246. The van der Waals surface area contributed by atoms with Crippen molar-refractivity contribution in [3.63, 3.8) is 0 Å². The topological polar surface area (TPSA) is 38.0 Å². The van der Waals surface area contributed by atoms with Crippen molar-refractivity contribution < 1.29 is 0 Å². The van der Waals surface area contributed by atoms with E-state index in [1.165, 1.54) is 51.4 Å². The maximum atomic E-state index is 6.32. The van der Waals surface area contributed by atoms with Gasteiger partial charge in [0.2, 0.25) is 0 Å². The van der Waals surface area contributed by atoms with Crippen LogP contribution in [0.5, 0.6) is 0 Å². The Morgan fingerprint density at radius 2 is 1.77 bits per heavy atom. The third-order valence-electron chi connectivity index (χ3n) is 3.70. The Kier molecular flexibility index (Phi) is 2.89. The highest BCUT2D eigenvalue weighted by Gasteiger charge is 2.28. The first-order chi connectivity index (χ1) is 6.29. The van der Waals surface area contributed by atoms with Gasteiger partial charge in [0.05, 0.1) is 0 Å². The predicted molar refractivity (Wildman–Crippen MR) is 55.6 cm³/mol. The summed E-state index contributed by atoms with van der Waals surface area (Å²) in [7, 11) is 0. The number of hydrogen-bond donors (Lipinski definition) is 2. The zero-order valence-electron chi connectivity index (χ0n) is 8.52. The van der Waals surface area contributed by atoms with Crippen molar-refractivity contribution in [2.24, 2.45) is 5.73 Å². The molecule has 0 aromatic rings. The van der Waals surface area contributed by atoms with E-state index in [0.29, 0.717) is 0 Å². The van der Waals surface area contributed by atoms with Crippen molar-refractivity contribution in [3.8, 4) is 0 Å². The van der Waals surface area contributed by atoms with Crippen molar-refractivity contribution in [1.29, 1.82) is 0 Å². The van der Waals surface area contributed by atoms with E-state index in [0.717, 1.165) is 12.6 Å². The molecule has 0 saturated heterocycles. The van der Waals surface area contributed by atoms with E-state index in [1.54, 1.807) is 0 Å². The summed E-state index contributed by atoms with van der Waals surface area (Å²) in [6, 6.07) is 0.794. The van der Waals surface area contributed by atoms with Crippen LogP contribution in [0.4, 0.5) is 0 Å². The molecule has 2 saturated carbocycles. The van der Waals surface area contributed by atoms with Crippen LogP contribution in [0.15, 0.2) is 0 Å². The Morgan fingerprint density at radius 3 is 2.31 bits per heavy atom. The van der Waals surface area contributed by atoms with Gasteiger partial charge in [-0.2, -0.15) is 0 Å². The Hall–Kier alpha value is -0.0800. The summed E-state index contributed by atoms with van der Waals surface area (Å²) in [5, 5.41) is 3.60. The third-order valence-corrected chi connectivity index (χ3v) is 3.70. The van der Waals surface area contributed by atoms with Gasteiger partial charge in [0.15, 0.2) is 0 Å². The molecule has 2 rings (SSSR count). The van der Waals surface area contributed by atoms with Crippen molar-refractivity contribution in [2.45, 2.75) is 62.9 Å². The number of hydrogen-bond acceptors (Lipinski definition) is 2. The first-order valence-corrected chi connectivity index (χ1v) is 5.81. The van der Waals surface area contributed by atoms with E-state index in [-0.39, 0.29) is 5.54 Å². The summed E-state index contributed by atoms with van der Waals surface area (Å²) >= 11 is 0. The van der Waals surface area contributed by atoms with Gasteiger partial charge >= 0.3 is 0 Å². The van der Waals surface area contributed by atoms with Crippen molar-refractivity contribution >= 4 is 0 Å². The molecule has 3 N–H and O–H groups in total. The lowest BCUT2D eigenvalue weighted by Gasteiger charge is -2.37. The number of nitrogens with two attached hydrogens (primary N) is 1. The molecule has 76 valence electrons. The second-order valence-corrected chi connectivity index (χ2v) is 4.93. The van der Waals surface area contributed by atoms with Crippen LogP contribution in [0, 0.1) is 0 Å². The summed E-state index contributed by atoms with van der Waals surface area (Å²) in [6.45, 7) is 1.05. The van der Waals surface area contributed by atoms with Crippen LogP contribution < -0.4 is 11.1 Å². The minimum Gasteiger partial charge on any atom is -0.324 e. The summed E-state index contributed by atoms with van der Waals surface area (Å²) in [5.74, 6) is 0. The molecule has 2 heteroatoms. The smallest absolute Gasteiger partial charge is 0.0280 e.